The topological polar surface area (TPSA) is 68.5 Å². The first-order chi connectivity index (χ1) is 14.0. The fourth-order valence-corrected chi connectivity index (χ4v) is 3.64. The largest absolute Gasteiger partial charge is 0.491 e. The summed E-state index contributed by atoms with van der Waals surface area (Å²) in [6.07, 6.45) is 1.31. The van der Waals surface area contributed by atoms with Gasteiger partial charge in [-0.05, 0) is 57.0 Å². The van der Waals surface area contributed by atoms with Gasteiger partial charge >= 0.3 is 0 Å². The average Bonchev–Trinajstić information content (AvgIpc) is 3.30. The molecule has 6 heteroatoms. The zero-order chi connectivity index (χ0) is 20.4. The number of hydrogen-bond donors (Lipinski definition) is 0. The summed E-state index contributed by atoms with van der Waals surface area (Å²) in [7, 11) is 0. The van der Waals surface area contributed by atoms with Gasteiger partial charge in [0.05, 0.1) is 6.10 Å². The van der Waals surface area contributed by atoms with Gasteiger partial charge in [0.25, 0.3) is 0 Å². The number of ether oxygens (including phenoxy) is 1. The molecule has 0 radical (unpaired) electrons. The number of likely N-dealkylation sites (tertiary alicyclic amines) is 1. The van der Waals surface area contributed by atoms with Gasteiger partial charge in [-0.15, -0.1) is 0 Å². The molecule has 1 aromatic heterocycles. The number of aryl methyl sites for hydroxylation is 1. The molecule has 1 saturated heterocycles. The van der Waals surface area contributed by atoms with Crippen LogP contribution in [0.15, 0.2) is 53.1 Å². The van der Waals surface area contributed by atoms with Crippen LogP contribution in [0.2, 0.25) is 0 Å². The zero-order valence-electron chi connectivity index (χ0n) is 17.0. The van der Waals surface area contributed by atoms with Crippen LogP contribution in [-0.2, 0) is 11.3 Å². The highest BCUT2D eigenvalue weighted by molar-refractivity contribution is 5.78. The fourth-order valence-electron chi connectivity index (χ4n) is 3.64. The molecule has 1 amide bonds. The van der Waals surface area contributed by atoms with E-state index in [2.05, 4.69) is 29.2 Å². The van der Waals surface area contributed by atoms with Crippen molar-refractivity contribution >= 4 is 5.91 Å². The molecule has 1 unspecified atom stereocenters. The molecule has 1 atom stereocenters. The average molecular weight is 391 g/mol. The van der Waals surface area contributed by atoms with Crippen molar-refractivity contribution in [3.63, 3.8) is 0 Å². The molecular formula is C23H25N3O3. The highest BCUT2D eigenvalue weighted by Gasteiger charge is 2.36. The molecule has 4 rings (SSSR count). The summed E-state index contributed by atoms with van der Waals surface area (Å²) >= 11 is 0. The van der Waals surface area contributed by atoms with Gasteiger partial charge in [0.2, 0.25) is 17.6 Å². The molecule has 6 nitrogen and oxygen atoms in total. The molecule has 3 aromatic rings. The summed E-state index contributed by atoms with van der Waals surface area (Å²) in [5, 5.41) is 4.14. The molecule has 150 valence electrons. The minimum absolute atomic E-state index is 0.117. The lowest BCUT2D eigenvalue weighted by Gasteiger charge is -2.22. The molecule has 0 aliphatic carbocycles. The van der Waals surface area contributed by atoms with Crippen molar-refractivity contribution in [1.29, 1.82) is 0 Å². The third-order valence-electron chi connectivity index (χ3n) is 4.97. The highest BCUT2D eigenvalue weighted by atomic mass is 16.5. The van der Waals surface area contributed by atoms with Crippen molar-refractivity contribution in [1.82, 2.24) is 15.0 Å². The van der Waals surface area contributed by atoms with E-state index in [4.69, 9.17) is 9.26 Å². The predicted octanol–water partition coefficient (Wildman–Crippen LogP) is 4.70. The molecule has 1 fully saturated rings. The van der Waals surface area contributed by atoms with Crippen molar-refractivity contribution in [2.45, 2.75) is 52.3 Å². The molecule has 1 aliphatic rings. The summed E-state index contributed by atoms with van der Waals surface area (Å²) in [5.41, 5.74) is 3.13. The Kier molecular flexibility index (Phi) is 5.34. The summed E-state index contributed by atoms with van der Waals surface area (Å²) in [4.78, 5) is 18.9. The molecule has 1 aliphatic heterocycles. The molecule has 29 heavy (non-hydrogen) atoms. The fraction of sp³-hybridized carbons (Fsp3) is 0.348. The first kappa shape index (κ1) is 19.2. The lowest BCUT2D eigenvalue weighted by Crippen LogP contribution is -2.27. The van der Waals surface area contributed by atoms with E-state index >= 15 is 0 Å². The Bertz CT molecular complexity index is 995. The van der Waals surface area contributed by atoms with E-state index in [1.165, 1.54) is 5.56 Å². The van der Waals surface area contributed by atoms with Crippen LogP contribution in [0.4, 0.5) is 0 Å². The maximum atomic E-state index is 12.5. The van der Waals surface area contributed by atoms with Crippen LogP contribution < -0.4 is 4.74 Å². The van der Waals surface area contributed by atoms with Crippen LogP contribution in [0.3, 0.4) is 0 Å². The van der Waals surface area contributed by atoms with Gasteiger partial charge < -0.3 is 14.2 Å². The number of nitrogens with zero attached hydrogens (tertiary/aromatic N) is 3. The third-order valence-corrected chi connectivity index (χ3v) is 4.97. The maximum Gasteiger partial charge on any atom is 0.249 e. The van der Waals surface area contributed by atoms with Crippen molar-refractivity contribution in [3.05, 3.63) is 65.5 Å². The molecule has 0 saturated carbocycles. The summed E-state index contributed by atoms with van der Waals surface area (Å²) in [5.74, 6) is 1.93. The molecule has 0 bridgehead atoms. The smallest absolute Gasteiger partial charge is 0.249 e. The summed E-state index contributed by atoms with van der Waals surface area (Å²) in [6, 6.07) is 15.6. The monoisotopic (exact) mass is 391 g/mol. The van der Waals surface area contributed by atoms with Crippen LogP contribution in [0.25, 0.3) is 11.4 Å². The van der Waals surface area contributed by atoms with Crippen LogP contribution in [0.1, 0.15) is 49.7 Å². The highest BCUT2D eigenvalue weighted by Crippen LogP contribution is 2.34. The number of hydrogen-bond acceptors (Lipinski definition) is 5. The van der Waals surface area contributed by atoms with E-state index in [0.717, 1.165) is 16.9 Å². The van der Waals surface area contributed by atoms with Gasteiger partial charge in [0.1, 0.15) is 11.8 Å². The quantitative estimate of drug-likeness (QED) is 0.609. The Morgan fingerprint density at radius 3 is 2.72 bits per heavy atom. The minimum atomic E-state index is -0.187. The van der Waals surface area contributed by atoms with Crippen molar-refractivity contribution in [2.75, 3.05) is 0 Å². The van der Waals surface area contributed by atoms with Crippen LogP contribution in [0.5, 0.6) is 5.75 Å². The Balaban J connectivity index is 1.52. The van der Waals surface area contributed by atoms with E-state index in [1.807, 2.05) is 55.1 Å². The normalized spacial score (nSPS) is 16.6. The first-order valence-electron chi connectivity index (χ1n) is 9.95. The van der Waals surface area contributed by atoms with Gasteiger partial charge in [0.15, 0.2) is 0 Å². The first-order valence-corrected chi connectivity index (χ1v) is 9.95. The van der Waals surface area contributed by atoms with Crippen molar-refractivity contribution in [3.8, 4) is 17.1 Å². The van der Waals surface area contributed by atoms with E-state index in [-0.39, 0.29) is 18.1 Å². The van der Waals surface area contributed by atoms with Gasteiger partial charge in [-0.2, -0.15) is 4.98 Å². The Morgan fingerprint density at radius 2 is 2.00 bits per heavy atom. The van der Waals surface area contributed by atoms with Crippen molar-refractivity contribution < 1.29 is 14.1 Å². The van der Waals surface area contributed by atoms with Gasteiger partial charge in [0, 0.05) is 18.5 Å². The number of carbonyl (C=O) groups is 1. The minimum Gasteiger partial charge on any atom is -0.491 e. The summed E-state index contributed by atoms with van der Waals surface area (Å²) in [6.45, 7) is 6.58. The number of amides is 1. The van der Waals surface area contributed by atoms with E-state index in [9.17, 15) is 4.79 Å². The predicted molar refractivity (Wildman–Crippen MR) is 109 cm³/mol. The van der Waals surface area contributed by atoms with Crippen LogP contribution in [-0.4, -0.2) is 27.1 Å². The maximum absolute atomic E-state index is 12.5. The second-order valence-corrected chi connectivity index (χ2v) is 7.71. The number of carbonyl (C=O) groups excluding carboxylic acids is 1. The zero-order valence-corrected chi connectivity index (χ0v) is 17.0. The van der Waals surface area contributed by atoms with E-state index in [0.29, 0.717) is 31.1 Å². The Labute approximate surface area is 170 Å². The van der Waals surface area contributed by atoms with Gasteiger partial charge in [-0.3, -0.25) is 4.79 Å². The van der Waals surface area contributed by atoms with Gasteiger partial charge in [-0.1, -0.05) is 35.0 Å². The van der Waals surface area contributed by atoms with E-state index < -0.39 is 0 Å². The standard InChI is InChI=1S/C23H25N3O3/c1-15(2)28-19-9-7-18(8-10-19)22-24-23(29-25-22)20-11-12-21(27)26(20)14-17-6-4-5-16(3)13-17/h4-10,13,15,20H,11-12,14H2,1-3H3. The lowest BCUT2D eigenvalue weighted by molar-refractivity contribution is -0.130. The second kappa shape index (κ2) is 8.07. The molecule has 0 spiro atoms. The third kappa shape index (κ3) is 4.31. The lowest BCUT2D eigenvalue weighted by atomic mass is 10.1. The molecule has 0 N–H and O–H groups in total. The van der Waals surface area contributed by atoms with Crippen LogP contribution in [0, 0.1) is 6.92 Å². The number of benzene rings is 2. The number of aromatic nitrogens is 2. The van der Waals surface area contributed by atoms with Gasteiger partial charge in [-0.25, -0.2) is 0 Å². The Hall–Kier alpha value is -3.15. The number of rotatable bonds is 6. The Morgan fingerprint density at radius 1 is 1.21 bits per heavy atom. The summed E-state index contributed by atoms with van der Waals surface area (Å²) < 4.78 is 11.2. The molecule has 2 aromatic carbocycles. The SMILES string of the molecule is Cc1cccc(CN2C(=O)CCC2c2nc(-c3ccc(OC(C)C)cc3)no2)c1. The van der Waals surface area contributed by atoms with E-state index in [1.54, 1.807) is 0 Å². The van der Waals surface area contributed by atoms with Crippen LogP contribution >= 0.6 is 0 Å². The molecule has 2 heterocycles. The second-order valence-electron chi connectivity index (χ2n) is 7.71. The molecular weight excluding hydrogens is 366 g/mol. The van der Waals surface area contributed by atoms with Crippen molar-refractivity contribution in [2.24, 2.45) is 0 Å².